The summed E-state index contributed by atoms with van der Waals surface area (Å²) in [4.78, 5) is 1.80. The SMILES string of the molecule is [C-]#[N+]c1cc(Oc2ccc(S(=O)(=O)C(F)F)c3c2CC(F)(F)[C@H]3O)ccc1F. The number of hydrogen-bond donors (Lipinski definition) is 1. The molecule has 1 atom stereocenters. The Bertz CT molecular complexity index is 1100. The molecule has 0 bridgehead atoms. The number of halogens is 5. The number of fused-ring (bicyclic) bond motifs is 1. The van der Waals surface area contributed by atoms with Gasteiger partial charge in [-0.05, 0) is 30.3 Å². The molecule has 0 fully saturated rings. The maximum absolute atomic E-state index is 14.0. The van der Waals surface area contributed by atoms with Crippen LogP contribution < -0.4 is 4.74 Å². The highest BCUT2D eigenvalue weighted by Gasteiger charge is 2.51. The van der Waals surface area contributed by atoms with E-state index in [0.29, 0.717) is 6.07 Å². The predicted octanol–water partition coefficient (Wildman–Crippen LogP) is 4.39. The van der Waals surface area contributed by atoms with Crippen molar-refractivity contribution in [1.82, 2.24) is 0 Å². The normalized spacial score (nSPS) is 18.0. The maximum atomic E-state index is 14.0. The van der Waals surface area contributed by atoms with E-state index < -0.39 is 61.6 Å². The van der Waals surface area contributed by atoms with Crippen molar-refractivity contribution < 1.29 is 40.2 Å². The Morgan fingerprint density at radius 2 is 1.93 bits per heavy atom. The summed E-state index contributed by atoms with van der Waals surface area (Å²) in [6, 6.07) is 4.52. The van der Waals surface area contributed by atoms with Crippen LogP contribution in [0.25, 0.3) is 4.85 Å². The number of ether oxygens (including phenoxy) is 1. The lowest BCUT2D eigenvalue weighted by molar-refractivity contribution is -0.0976. The van der Waals surface area contributed by atoms with Gasteiger partial charge >= 0.3 is 5.76 Å². The van der Waals surface area contributed by atoms with Gasteiger partial charge < -0.3 is 9.84 Å². The summed E-state index contributed by atoms with van der Waals surface area (Å²) in [7, 11) is -5.26. The molecule has 1 N–H and O–H groups in total. The summed E-state index contributed by atoms with van der Waals surface area (Å²) >= 11 is 0. The average molecular weight is 419 g/mol. The molecule has 3 rings (SSSR count). The zero-order chi connectivity index (χ0) is 20.9. The lowest BCUT2D eigenvalue weighted by atomic mass is 10.1. The number of alkyl halides is 4. The van der Waals surface area contributed by atoms with E-state index in [1.165, 1.54) is 0 Å². The molecule has 0 unspecified atom stereocenters. The summed E-state index contributed by atoms with van der Waals surface area (Å²) < 4.78 is 96.2. The number of benzene rings is 2. The minimum atomic E-state index is -5.26. The highest BCUT2D eigenvalue weighted by molar-refractivity contribution is 7.91. The Hall–Kier alpha value is -2.71. The van der Waals surface area contributed by atoms with Crippen LogP contribution in [0.15, 0.2) is 35.2 Å². The van der Waals surface area contributed by atoms with Crippen molar-refractivity contribution in [3.05, 3.63) is 58.7 Å². The van der Waals surface area contributed by atoms with Crippen LogP contribution in [0.4, 0.5) is 27.6 Å². The van der Waals surface area contributed by atoms with E-state index in [1.54, 1.807) is 0 Å². The molecule has 0 aromatic heterocycles. The third kappa shape index (κ3) is 3.18. The number of aliphatic hydroxyl groups excluding tert-OH is 1. The van der Waals surface area contributed by atoms with E-state index in [9.17, 15) is 35.5 Å². The topological polar surface area (TPSA) is 68.0 Å². The molecule has 1 aliphatic rings. The van der Waals surface area contributed by atoms with Gasteiger partial charge in [0.15, 0.2) is 0 Å². The van der Waals surface area contributed by atoms with Gasteiger partial charge in [-0.3, -0.25) is 0 Å². The van der Waals surface area contributed by atoms with Gasteiger partial charge in [0.05, 0.1) is 11.5 Å². The molecule has 2 aromatic carbocycles. The van der Waals surface area contributed by atoms with Crippen LogP contribution in [0.2, 0.25) is 0 Å². The van der Waals surface area contributed by atoms with Gasteiger partial charge in [0, 0.05) is 17.5 Å². The van der Waals surface area contributed by atoms with Crippen molar-refractivity contribution in [2.24, 2.45) is 0 Å². The molecule has 0 radical (unpaired) electrons. The summed E-state index contributed by atoms with van der Waals surface area (Å²) in [5, 5.41) is 9.84. The lowest BCUT2D eigenvalue weighted by Crippen LogP contribution is -2.23. The zero-order valence-corrected chi connectivity index (χ0v) is 14.5. The van der Waals surface area contributed by atoms with Crippen LogP contribution in [0.1, 0.15) is 17.2 Å². The number of rotatable bonds is 4. The first-order valence-corrected chi connectivity index (χ1v) is 9.12. The van der Waals surface area contributed by atoms with Crippen molar-refractivity contribution in [2.75, 3.05) is 0 Å². The second-order valence-electron chi connectivity index (χ2n) is 5.93. The van der Waals surface area contributed by atoms with Crippen molar-refractivity contribution >= 4 is 15.5 Å². The van der Waals surface area contributed by atoms with Gasteiger partial charge in [0.1, 0.15) is 23.4 Å². The summed E-state index contributed by atoms with van der Waals surface area (Å²) in [6.45, 7) is 6.86. The fraction of sp³-hybridized carbons (Fsp3) is 0.235. The van der Waals surface area contributed by atoms with E-state index >= 15 is 0 Å². The van der Waals surface area contributed by atoms with Crippen LogP contribution >= 0.6 is 0 Å². The van der Waals surface area contributed by atoms with E-state index in [-0.39, 0.29) is 11.5 Å². The molecule has 1 aliphatic carbocycles. The predicted molar refractivity (Wildman–Crippen MR) is 86.0 cm³/mol. The van der Waals surface area contributed by atoms with Gasteiger partial charge in [0.2, 0.25) is 15.5 Å². The molecule has 0 saturated carbocycles. The summed E-state index contributed by atoms with van der Waals surface area (Å²) in [5.74, 6) is -8.97. The first-order valence-electron chi connectivity index (χ1n) is 7.57. The van der Waals surface area contributed by atoms with Crippen LogP contribution in [0, 0.1) is 12.4 Å². The first kappa shape index (κ1) is 20.0. The van der Waals surface area contributed by atoms with Crippen LogP contribution in [0.5, 0.6) is 11.5 Å². The maximum Gasteiger partial charge on any atom is 0.341 e. The molecular weight excluding hydrogens is 409 g/mol. The van der Waals surface area contributed by atoms with E-state index in [1.807, 2.05) is 0 Å². The third-order valence-electron chi connectivity index (χ3n) is 4.17. The fourth-order valence-electron chi connectivity index (χ4n) is 2.86. The molecule has 148 valence electrons. The first-order chi connectivity index (χ1) is 13.0. The van der Waals surface area contributed by atoms with E-state index in [2.05, 4.69) is 4.85 Å². The molecule has 28 heavy (non-hydrogen) atoms. The Morgan fingerprint density at radius 3 is 2.54 bits per heavy atom. The summed E-state index contributed by atoms with van der Waals surface area (Å²) in [6.07, 6.45) is -3.77. The highest BCUT2D eigenvalue weighted by atomic mass is 32.2. The Morgan fingerprint density at radius 1 is 1.25 bits per heavy atom. The number of sulfone groups is 1. The average Bonchev–Trinajstić information content (AvgIpc) is 2.87. The quantitative estimate of drug-likeness (QED) is 0.590. The second kappa shape index (κ2) is 6.72. The van der Waals surface area contributed by atoms with Crippen molar-refractivity contribution in [2.45, 2.75) is 29.1 Å². The largest absolute Gasteiger partial charge is 0.458 e. The minimum Gasteiger partial charge on any atom is -0.458 e. The summed E-state index contributed by atoms with van der Waals surface area (Å²) in [5.41, 5.74) is -1.74. The molecular formula is C17H10F5NO4S. The molecule has 0 aliphatic heterocycles. The van der Waals surface area contributed by atoms with Crippen molar-refractivity contribution in [3.63, 3.8) is 0 Å². The molecule has 11 heteroatoms. The Labute approximate surface area is 155 Å². The van der Waals surface area contributed by atoms with Crippen LogP contribution in [-0.2, 0) is 16.3 Å². The number of aliphatic hydroxyl groups is 1. The van der Waals surface area contributed by atoms with E-state index in [4.69, 9.17) is 11.3 Å². The van der Waals surface area contributed by atoms with Gasteiger partial charge in [-0.25, -0.2) is 26.4 Å². The fourth-order valence-corrected chi connectivity index (χ4v) is 3.85. The van der Waals surface area contributed by atoms with Gasteiger partial charge in [0.25, 0.3) is 5.92 Å². The monoisotopic (exact) mass is 419 g/mol. The van der Waals surface area contributed by atoms with E-state index in [0.717, 1.165) is 24.3 Å². The minimum absolute atomic E-state index is 0.122. The molecule has 0 saturated heterocycles. The van der Waals surface area contributed by atoms with Crippen LogP contribution in [0.3, 0.4) is 0 Å². The molecule has 2 aromatic rings. The molecule has 0 spiro atoms. The second-order valence-corrected chi connectivity index (χ2v) is 7.81. The third-order valence-corrected chi connectivity index (χ3v) is 5.61. The lowest BCUT2D eigenvalue weighted by Gasteiger charge is -2.16. The van der Waals surface area contributed by atoms with Crippen molar-refractivity contribution in [1.29, 1.82) is 0 Å². The molecule has 0 amide bonds. The smallest absolute Gasteiger partial charge is 0.341 e. The van der Waals surface area contributed by atoms with Gasteiger partial charge in [-0.1, -0.05) is 0 Å². The highest BCUT2D eigenvalue weighted by Crippen LogP contribution is 2.50. The molecule has 5 nitrogen and oxygen atoms in total. The zero-order valence-electron chi connectivity index (χ0n) is 13.7. The van der Waals surface area contributed by atoms with Gasteiger partial charge in [-0.2, -0.15) is 8.78 Å². The molecule has 0 heterocycles. The Balaban J connectivity index is 2.15. The van der Waals surface area contributed by atoms with Crippen molar-refractivity contribution in [3.8, 4) is 11.5 Å². The van der Waals surface area contributed by atoms with Gasteiger partial charge in [-0.15, -0.1) is 0 Å². The Kier molecular flexibility index (Phi) is 4.81. The number of nitrogens with zero attached hydrogens (tertiary/aromatic N) is 1. The standard InChI is InChI=1S/C17H10F5NO4S/c1-23-11-6-8(2-3-10(11)18)27-12-4-5-13(28(25,26)16(19)20)14-9(12)7-17(21,22)15(14)24/h2-6,15-16,24H,7H2/t15-/m0/s1. The van der Waals surface area contributed by atoms with Crippen LogP contribution in [-0.4, -0.2) is 25.2 Å². The number of hydrogen-bond acceptors (Lipinski definition) is 4.